The van der Waals surface area contributed by atoms with Crippen LogP contribution in [-0.2, 0) is 9.53 Å². The van der Waals surface area contributed by atoms with Crippen LogP contribution in [0.4, 0.5) is 0 Å². The van der Waals surface area contributed by atoms with E-state index < -0.39 is 12.0 Å². The summed E-state index contributed by atoms with van der Waals surface area (Å²) in [6.45, 7) is 0.289. The first-order valence-electron chi connectivity index (χ1n) is 9.65. The summed E-state index contributed by atoms with van der Waals surface area (Å²) < 4.78 is 32.9. The molecule has 1 aliphatic carbocycles. The molecule has 2 aromatic carbocycles. The number of benzene rings is 2. The molecule has 30 heavy (non-hydrogen) atoms. The fraction of sp³-hybridized carbons (Fsp3) is 0.409. The molecular weight excluding hydrogens is 392 g/mol. The highest BCUT2D eigenvalue weighted by atomic mass is 16.7. The van der Waals surface area contributed by atoms with Crippen molar-refractivity contribution in [1.29, 1.82) is 0 Å². The van der Waals surface area contributed by atoms with E-state index in [9.17, 15) is 9.90 Å². The third kappa shape index (κ3) is 2.60. The molecule has 0 amide bonds. The van der Waals surface area contributed by atoms with E-state index in [1.54, 1.807) is 20.3 Å². The van der Waals surface area contributed by atoms with Gasteiger partial charge in [0, 0.05) is 11.8 Å². The maximum Gasteiger partial charge on any atom is 0.310 e. The van der Waals surface area contributed by atoms with Gasteiger partial charge in [-0.05, 0) is 41.0 Å². The van der Waals surface area contributed by atoms with Crippen molar-refractivity contribution in [3.05, 3.63) is 41.0 Å². The number of ether oxygens (including phenoxy) is 6. The van der Waals surface area contributed by atoms with E-state index in [0.717, 1.165) is 11.1 Å². The van der Waals surface area contributed by atoms with Crippen molar-refractivity contribution in [1.82, 2.24) is 0 Å². The first-order chi connectivity index (χ1) is 14.6. The third-order valence-corrected chi connectivity index (χ3v) is 6.19. The number of carbonyl (C=O) groups is 1. The normalized spacial score (nSPS) is 25.9. The van der Waals surface area contributed by atoms with Gasteiger partial charge in [0.05, 0.1) is 40.0 Å². The molecule has 5 rings (SSSR count). The summed E-state index contributed by atoms with van der Waals surface area (Å²) in [5.74, 6) is 0.989. The predicted molar refractivity (Wildman–Crippen MR) is 103 cm³/mol. The largest absolute Gasteiger partial charge is 0.493 e. The van der Waals surface area contributed by atoms with Crippen molar-refractivity contribution in [3.8, 4) is 28.7 Å². The second-order valence-corrected chi connectivity index (χ2v) is 7.54. The van der Waals surface area contributed by atoms with Crippen LogP contribution in [0.5, 0.6) is 28.7 Å². The number of rotatable bonds is 4. The molecule has 0 spiro atoms. The maximum absolute atomic E-state index is 12.7. The molecule has 0 bridgehead atoms. The number of aliphatic hydroxyl groups is 1. The minimum atomic E-state index is -0.843. The highest BCUT2D eigenvalue weighted by Gasteiger charge is 2.52. The molecule has 1 unspecified atom stereocenters. The van der Waals surface area contributed by atoms with E-state index in [1.807, 2.05) is 18.2 Å². The summed E-state index contributed by atoms with van der Waals surface area (Å²) >= 11 is 0. The smallest absolute Gasteiger partial charge is 0.310 e. The molecule has 2 aromatic rings. The molecule has 1 saturated heterocycles. The summed E-state index contributed by atoms with van der Waals surface area (Å²) in [6.07, 6.45) is -0.843. The molecule has 3 aliphatic rings. The van der Waals surface area contributed by atoms with Crippen LogP contribution < -0.4 is 23.7 Å². The Hall–Kier alpha value is -3.13. The van der Waals surface area contributed by atoms with Crippen molar-refractivity contribution < 1.29 is 38.3 Å². The highest BCUT2D eigenvalue weighted by Crippen LogP contribution is 2.55. The Morgan fingerprint density at radius 3 is 2.13 bits per heavy atom. The number of methoxy groups -OCH3 is 3. The molecule has 2 heterocycles. The minimum absolute atomic E-state index is 0.123. The van der Waals surface area contributed by atoms with Crippen molar-refractivity contribution >= 4 is 5.97 Å². The van der Waals surface area contributed by atoms with Crippen LogP contribution in [-0.4, -0.2) is 45.8 Å². The number of carbonyl (C=O) groups excluding carboxylic acids is 1. The van der Waals surface area contributed by atoms with Gasteiger partial charge in [-0.25, -0.2) is 0 Å². The fourth-order valence-corrected chi connectivity index (χ4v) is 4.81. The Labute approximate surface area is 173 Å². The van der Waals surface area contributed by atoms with E-state index in [2.05, 4.69) is 0 Å². The fourth-order valence-electron chi connectivity index (χ4n) is 4.81. The molecule has 8 nitrogen and oxygen atoms in total. The van der Waals surface area contributed by atoms with Gasteiger partial charge in [-0.15, -0.1) is 0 Å². The molecule has 158 valence electrons. The quantitative estimate of drug-likeness (QED) is 0.763. The lowest BCUT2D eigenvalue weighted by Crippen LogP contribution is -2.34. The van der Waals surface area contributed by atoms with Crippen LogP contribution in [0, 0.1) is 11.8 Å². The first kappa shape index (κ1) is 18.9. The number of aliphatic hydroxyl groups excluding tert-OH is 1. The molecule has 0 saturated carbocycles. The van der Waals surface area contributed by atoms with Crippen LogP contribution in [0.25, 0.3) is 0 Å². The monoisotopic (exact) mass is 414 g/mol. The van der Waals surface area contributed by atoms with Crippen LogP contribution in [0.3, 0.4) is 0 Å². The van der Waals surface area contributed by atoms with Gasteiger partial charge in [-0.2, -0.15) is 0 Å². The summed E-state index contributed by atoms with van der Waals surface area (Å²) in [6, 6.07) is 7.31. The molecule has 0 aromatic heterocycles. The van der Waals surface area contributed by atoms with Gasteiger partial charge in [-0.3, -0.25) is 4.79 Å². The summed E-state index contributed by atoms with van der Waals surface area (Å²) in [5, 5.41) is 11.0. The van der Waals surface area contributed by atoms with E-state index in [1.165, 1.54) is 7.11 Å². The zero-order valence-electron chi connectivity index (χ0n) is 16.8. The molecule has 8 heteroatoms. The SMILES string of the molecule is COc1cc([C@@H]2c3cc4c(cc3C(O)[C@H]3COC(=O)[C@H]23)OCO4)cc(OC)c1OC. The first-order valence-corrected chi connectivity index (χ1v) is 9.65. The van der Waals surface area contributed by atoms with Gasteiger partial charge in [0.25, 0.3) is 0 Å². The molecule has 1 N–H and O–H groups in total. The number of hydrogen-bond donors (Lipinski definition) is 1. The topological polar surface area (TPSA) is 92.7 Å². The minimum Gasteiger partial charge on any atom is -0.493 e. The zero-order valence-corrected chi connectivity index (χ0v) is 16.8. The Morgan fingerprint density at radius 1 is 0.900 bits per heavy atom. The zero-order chi connectivity index (χ0) is 21.0. The van der Waals surface area contributed by atoms with Gasteiger partial charge in [0.15, 0.2) is 23.0 Å². The van der Waals surface area contributed by atoms with Gasteiger partial charge < -0.3 is 33.5 Å². The Balaban J connectivity index is 1.74. The van der Waals surface area contributed by atoms with Crippen molar-refractivity contribution in [3.63, 3.8) is 0 Å². The van der Waals surface area contributed by atoms with Crippen molar-refractivity contribution in [2.24, 2.45) is 11.8 Å². The molecule has 4 atom stereocenters. The van der Waals surface area contributed by atoms with E-state index in [4.69, 9.17) is 28.4 Å². The van der Waals surface area contributed by atoms with Gasteiger partial charge in [-0.1, -0.05) is 0 Å². The van der Waals surface area contributed by atoms with Gasteiger partial charge in [0.1, 0.15) is 0 Å². The Morgan fingerprint density at radius 2 is 1.53 bits per heavy atom. The Bertz CT molecular complexity index is 991. The second kappa shape index (κ2) is 6.98. The standard InChI is InChI=1S/C22H22O8/c1-25-16-4-10(5-17(26-2)21(16)27-3)18-11-6-14-15(30-9-29-14)7-12(11)20(23)13-8-28-22(24)19(13)18/h4-7,13,18-20,23H,8-9H2,1-3H3/t13-,18+,19-,20?/m0/s1. The second-order valence-electron chi connectivity index (χ2n) is 7.54. The summed E-state index contributed by atoms with van der Waals surface area (Å²) in [7, 11) is 4.63. The lowest BCUT2D eigenvalue weighted by molar-refractivity contribution is -0.141. The van der Waals surface area contributed by atoms with Crippen LogP contribution in [0.2, 0.25) is 0 Å². The molecule has 2 aliphatic heterocycles. The summed E-state index contributed by atoms with van der Waals surface area (Å²) in [4.78, 5) is 12.7. The lowest BCUT2D eigenvalue weighted by atomic mass is 9.66. The van der Waals surface area contributed by atoms with E-state index in [-0.39, 0.29) is 31.2 Å². The third-order valence-electron chi connectivity index (χ3n) is 6.19. The van der Waals surface area contributed by atoms with Crippen LogP contribution in [0.15, 0.2) is 24.3 Å². The van der Waals surface area contributed by atoms with E-state index in [0.29, 0.717) is 34.3 Å². The van der Waals surface area contributed by atoms with Crippen molar-refractivity contribution in [2.45, 2.75) is 12.0 Å². The Kier molecular flexibility index (Phi) is 4.39. The molecule has 1 fully saturated rings. The molecular formula is C22H22O8. The molecule has 0 radical (unpaired) electrons. The lowest BCUT2D eigenvalue weighted by Gasteiger charge is -2.37. The summed E-state index contributed by atoms with van der Waals surface area (Å²) in [5.41, 5.74) is 2.30. The van der Waals surface area contributed by atoms with E-state index >= 15 is 0 Å². The maximum atomic E-state index is 12.7. The number of hydrogen-bond acceptors (Lipinski definition) is 8. The van der Waals surface area contributed by atoms with Crippen LogP contribution >= 0.6 is 0 Å². The number of esters is 1. The van der Waals surface area contributed by atoms with Crippen molar-refractivity contribution in [2.75, 3.05) is 34.7 Å². The van der Waals surface area contributed by atoms with Crippen LogP contribution in [0.1, 0.15) is 28.7 Å². The average Bonchev–Trinajstić information content (AvgIpc) is 3.38. The highest BCUT2D eigenvalue weighted by molar-refractivity contribution is 5.79. The van der Waals surface area contributed by atoms with Gasteiger partial charge in [0.2, 0.25) is 12.5 Å². The predicted octanol–water partition coefficient (Wildman–Crippen LogP) is 2.41. The number of cyclic esters (lactones) is 1. The average molecular weight is 414 g/mol. The van der Waals surface area contributed by atoms with Gasteiger partial charge >= 0.3 is 5.97 Å². The number of fused-ring (bicyclic) bond motifs is 3.